The molecule has 1 amide bonds. The molecule has 0 aromatic carbocycles. The number of amides is 1. The normalized spacial score (nSPS) is 17.9. The molecule has 1 aliphatic heterocycles. The van der Waals surface area contributed by atoms with Gasteiger partial charge in [-0.15, -0.1) is 0 Å². The van der Waals surface area contributed by atoms with Gasteiger partial charge in [0.25, 0.3) is 0 Å². The van der Waals surface area contributed by atoms with Gasteiger partial charge in [-0.1, -0.05) is 34.2 Å². The minimum absolute atomic E-state index is 0.563. The predicted molar refractivity (Wildman–Crippen MR) is 51.2 cm³/mol. The van der Waals surface area contributed by atoms with Gasteiger partial charge >= 0.3 is 6.09 Å². The highest BCUT2D eigenvalue weighted by atomic mass is 127. The maximum atomic E-state index is 10.4. The Balaban J connectivity index is 2.47. The van der Waals surface area contributed by atoms with Crippen LogP contribution in [0.5, 0.6) is 0 Å². The lowest BCUT2D eigenvalue weighted by Gasteiger charge is -2.22. The van der Waals surface area contributed by atoms with Crippen molar-refractivity contribution >= 4 is 28.7 Å². The first kappa shape index (κ1) is 8.83. The zero-order valence-corrected chi connectivity index (χ0v) is 8.24. The van der Waals surface area contributed by atoms with Gasteiger partial charge in [-0.3, -0.25) is 0 Å². The molecule has 0 atom stereocenters. The molecule has 0 radical (unpaired) electrons. The van der Waals surface area contributed by atoms with Gasteiger partial charge in [0.05, 0.1) is 0 Å². The number of halogens is 1. The smallest absolute Gasteiger partial charge is 0.407 e. The molecular weight excluding hydrogens is 257 g/mol. The van der Waals surface area contributed by atoms with Crippen molar-refractivity contribution in [2.75, 3.05) is 17.5 Å². The van der Waals surface area contributed by atoms with Crippen molar-refractivity contribution in [1.82, 2.24) is 4.90 Å². The summed E-state index contributed by atoms with van der Waals surface area (Å²) < 4.78 is 1.02. The van der Waals surface area contributed by atoms with Crippen LogP contribution in [0.1, 0.15) is 6.42 Å². The SMILES string of the molecule is O=C(O)N1CC=C(CI)CC1. The third-order valence-corrected chi connectivity index (χ3v) is 2.73. The number of nitrogens with zero attached hydrogens (tertiary/aromatic N) is 1. The van der Waals surface area contributed by atoms with Gasteiger partial charge in [-0.25, -0.2) is 4.79 Å². The van der Waals surface area contributed by atoms with Crippen molar-refractivity contribution in [3.63, 3.8) is 0 Å². The molecule has 0 saturated heterocycles. The Morgan fingerprint density at radius 1 is 1.82 bits per heavy atom. The highest BCUT2D eigenvalue weighted by Crippen LogP contribution is 2.12. The van der Waals surface area contributed by atoms with Gasteiger partial charge in [0.15, 0.2) is 0 Å². The van der Waals surface area contributed by atoms with Crippen molar-refractivity contribution in [3.8, 4) is 0 Å². The van der Waals surface area contributed by atoms with Crippen LogP contribution in [0.3, 0.4) is 0 Å². The number of carbonyl (C=O) groups is 1. The molecule has 4 heteroatoms. The van der Waals surface area contributed by atoms with Crippen LogP contribution in [0.15, 0.2) is 11.6 Å². The van der Waals surface area contributed by atoms with Crippen molar-refractivity contribution in [2.24, 2.45) is 0 Å². The summed E-state index contributed by atoms with van der Waals surface area (Å²) >= 11 is 2.30. The molecule has 62 valence electrons. The summed E-state index contributed by atoms with van der Waals surface area (Å²) in [6, 6.07) is 0. The van der Waals surface area contributed by atoms with Crippen molar-refractivity contribution < 1.29 is 9.90 Å². The monoisotopic (exact) mass is 267 g/mol. The molecule has 3 nitrogen and oxygen atoms in total. The third kappa shape index (κ3) is 2.36. The van der Waals surface area contributed by atoms with Crippen LogP contribution in [0, 0.1) is 0 Å². The van der Waals surface area contributed by atoms with E-state index in [0.29, 0.717) is 13.1 Å². The Bertz CT molecular complexity index is 191. The van der Waals surface area contributed by atoms with E-state index < -0.39 is 6.09 Å². The van der Waals surface area contributed by atoms with Crippen LogP contribution in [-0.4, -0.2) is 33.6 Å². The molecule has 1 heterocycles. The zero-order valence-electron chi connectivity index (χ0n) is 6.09. The number of hydrogen-bond donors (Lipinski definition) is 1. The molecule has 1 aliphatic rings. The fraction of sp³-hybridized carbons (Fsp3) is 0.571. The zero-order chi connectivity index (χ0) is 8.27. The van der Waals surface area contributed by atoms with E-state index in [4.69, 9.17) is 5.11 Å². The lowest BCUT2D eigenvalue weighted by atomic mass is 10.1. The second-order valence-corrected chi connectivity index (χ2v) is 3.24. The van der Waals surface area contributed by atoms with E-state index in [2.05, 4.69) is 22.6 Å². The van der Waals surface area contributed by atoms with Crippen LogP contribution < -0.4 is 0 Å². The second kappa shape index (κ2) is 3.94. The number of hydrogen-bond acceptors (Lipinski definition) is 1. The van der Waals surface area contributed by atoms with E-state index in [-0.39, 0.29) is 0 Å². The van der Waals surface area contributed by atoms with E-state index in [0.717, 1.165) is 10.8 Å². The van der Waals surface area contributed by atoms with Gasteiger partial charge in [-0.05, 0) is 6.42 Å². The van der Waals surface area contributed by atoms with Crippen molar-refractivity contribution in [1.29, 1.82) is 0 Å². The highest BCUT2D eigenvalue weighted by Gasteiger charge is 2.14. The molecule has 0 aromatic rings. The fourth-order valence-corrected chi connectivity index (χ4v) is 1.70. The molecule has 0 saturated carbocycles. The largest absolute Gasteiger partial charge is 0.465 e. The lowest BCUT2D eigenvalue weighted by Crippen LogP contribution is -2.33. The summed E-state index contributed by atoms with van der Waals surface area (Å²) in [7, 11) is 0. The molecule has 1 rings (SSSR count). The van der Waals surface area contributed by atoms with Crippen molar-refractivity contribution in [2.45, 2.75) is 6.42 Å². The first-order valence-corrected chi connectivity index (χ1v) is 4.98. The predicted octanol–water partition coefficient (Wildman–Crippen LogP) is 1.73. The quantitative estimate of drug-likeness (QED) is 0.446. The third-order valence-electron chi connectivity index (χ3n) is 1.75. The minimum atomic E-state index is -0.811. The Hall–Kier alpha value is -0.260. The molecule has 0 spiro atoms. The topological polar surface area (TPSA) is 40.5 Å². The number of rotatable bonds is 1. The minimum Gasteiger partial charge on any atom is -0.465 e. The van der Waals surface area contributed by atoms with E-state index in [1.807, 2.05) is 6.08 Å². The van der Waals surface area contributed by atoms with Gasteiger partial charge in [0, 0.05) is 17.5 Å². The Morgan fingerprint density at radius 3 is 2.91 bits per heavy atom. The van der Waals surface area contributed by atoms with E-state index >= 15 is 0 Å². The summed E-state index contributed by atoms with van der Waals surface area (Å²) in [6.07, 6.45) is 2.09. The first-order valence-electron chi connectivity index (χ1n) is 3.46. The average Bonchev–Trinajstić information content (AvgIpc) is 2.05. The molecule has 0 bridgehead atoms. The maximum Gasteiger partial charge on any atom is 0.407 e. The lowest BCUT2D eigenvalue weighted by molar-refractivity contribution is 0.149. The molecule has 0 unspecified atom stereocenters. The standard InChI is InChI=1S/C7H10INO2/c8-5-6-1-3-9(4-2-6)7(10)11/h1H,2-5H2,(H,10,11). The molecule has 0 aliphatic carbocycles. The number of alkyl halides is 1. The van der Waals surface area contributed by atoms with Gasteiger partial charge in [0.1, 0.15) is 0 Å². The fourth-order valence-electron chi connectivity index (χ4n) is 1.01. The molecular formula is C7H10INO2. The second-order valence-electron chi connectivity index (χ2n) is 2.47. The molecule has 11 heavy (non-hydrogen) atoms. The first-order chi connectivity index (χ1) is 5.24. The van der Waals surface area contributed by atoms with Crippen molar-refractivity contribution in [3.05, 3.63) is 11.6 Å². The van der Waals surface area contributed by atoms with Crippen LogP contribution in [0.4, 0.5) is 4.79 Å². The average molecular weight is 267 g/mol. The van der Waals surface area contributed by atoms with Crippen LogP contribution in [-0.2, 0) is 0 Å². The summed E-state index contributed by atoms with van der Waals surface area (Å²) in [5, 5.41) is 8.59. The van der Waals surface area contributed by atoms with Crippen LogP contribution in [0.25, 0.3) is 0 Å². The van der Waals surface area contributed by atoms with Crippen LogP contribution in [0.2, 0.25) is 0 Å². The highest BCUT2D eigenvalue weighted by molar-refractivity contribution is 14.1. The van der Waals surface area contributed by atoms with Gasteiger partial charge in [-0.2, -0.15) is 0 Å². The Morgan fingerprint density at radius 2 is 2.55 bits per heavy atom. The van der Waals surface area contributed by atoms with E-state index in [9.17, 15) is 4.79 Å². The molecule has 0 fully saturated rings. The summed E-state index contributed by atoms with van der Waals surface area (Å²) in [4.78, 5) is 11.9. The summed E-state index contributed by atoms with van der Waals surface area (Å²) in [6.45, 7) is 1.22. The number of carboxylic acid groups (broad SMARTS) is 1. The van der Waals surface area contributed by atoms with E-state index in [1.54, 1.807) is 0 Å². The molecule has 1 N–H and O–H groups in total. The van der Waals surface area contributed by atoms with E-state index in [1.165, 1.54) is 10.5 Å². The molecule has 0 aromatic heterocycles. The van der Waals surface area contributed by atoms with Gasteiger partial charge in [0.2, 0.25) is 0 Å². The Kier molecular flexibility index (Phi) is 3.16. The summed E-state index contributed by atoms with van der Waals surface area (Å²) in [5.41, 5.74) is 1.36. The van der Waals surface area contributed by atoms with Gasteiger partial charge < -0.3 is 10.0 Å². The van der Waals surface area contributed by atoms with Crippen LogP contribution >= 0.6 is 22.6 Å². The summed E-state index contributed by atoms with van der Waals surface area (Å²) in [5.74, 6) is 0. The maximum absolute atomic E-state index is 10.4. The Labute approximate surface area is 79.2 Å².